The normalized spacial score (nSPS) is 22.9. The van der Waals surface area contributed by atoms with Crippen LogP contribution in [0.1, 0.15) is 36.0 Å². The second-order valence-corrected chi connectivity index (χ2v) is 6.90. The Morgan fingerprint density at radius 2 is 1.70 bits per heavy atom. The van der Waals surface area contributed by atoms with Crippen molar-refractivity contribution in [1.29, 1.82) is 0 Å². The number of carbonyl (C=O) groups excluding carboxylic acids is 1. The van der Waals surface area contributed by atoms with Crippen LogP contribution in [0.3, 0.4) is 0 Å². The number of piperidine rings is 2. The van der Waals surface area contributed by atoms with Crippen LogP contribution < -0.4 is 14.8 Å². The Labute approximate surface area is 136 Å². The highest BCUT2D eigenvalue weighted by Gasteiger charge is 2.36. The topological polar surface area (TPSA) is 50.8 Å². The summed E-state index contributed by atoms with van der Waals surface area (Å²) in [4.78, 5) is 14.8. The summed E-state index contributed by atoms with van der Waals surface area (Å²) < 4.78 is 11.1. The van der Waals surface area contributed by atoms with Gasteiger partial charge in [0.1, 0.15) is 13.2 Å². The summed E-state index contributed by atoms with van der Waals surface area (Å²) >= 11 is 0. The van der Waals surface area contributed by atoms with Crippen molar-refractivity contribution in [2.45, 2.75) is 25.7 Å². The van der Waals surface area contributed by atoms with E-state index in [-0.39, 0.29) is 5.91 Å². The van der Waals surface area contributed by atoms with Gasteiger partial charge in [-0.2, -0.15) is 0 Å². The van der Waals surface area contributed by atoms with E-state index in [1.54, 1.807) is 0 Å². The molecule has 1 aromatic carbocycles. The number of hydrogen-bond donors (Lipinski definition) is 1. The summed E-state index contributed by atoms with van der Waals surface area (Å²) in [5.74, 6) is 1.54. The highest BCUT2D eigenvalue weighted by atomic mass is 16.6. The lowest BCUT2D eigenvalue weighted by atomic mass is 9.71. The van der Waals surface area contributed by atoms with E-state index in [2.05, 4.69) is 5.32 Å². The fourth-order valence-corrected chi connectivity index (χ4v) is 4.00. The van der Waals surface area contributed by atoms with Crippen LogP contribution in [0.4, 0.5) is 0 Å². The molecule has 3 aliphatic heterocycles. The minimum absolute atomic E-state index is 0.116. The standard InChI is InChI=1S/C18H24N2O3/c21-17(14-1-2-15-16(13-14)23-12-11-22-15)20-9-5-18(6-10-20)3-7-19-8-4-18/h1-2,13,19H,3-12H2. The predicted molar refractivity (Wildman–Crippen MR) is 87.1 cm³/mol. The third-order valence-corrected chi connectivity index (χ3v) is 5.56. The molecule has 0 saturated carbocycles. The van der Waals surface area contributed by atoms with Gasteiger partial charge in [-0.3, -0.25) is 4.79 Å². The zero-order valence-electron chi connectivity index (χ0n) is 13.5. The van der Waals surface area contributed by atoms with E-state index in [0.29, 0.717) is 29.9 Å². The number of hydrogen-bond acceptors (Lipinski definition) is 4. The molecule has 2 saturated heterocycles. The van der Waals surface area contributed by atoms with Crippen LogP contribution in [0.25, 0.3) is 0 Å². The molecule has 1 spiro atoms. The molecule has 0 aliphatic carbocycles. The van der Waals surface area contributed by atoms with E-state index in [0.717, 1.165) is 44.8 Å². The van der Waals surface area contributed by atoms with Crippen LogP contribution in [-0.4, -0.2) is 50.2 Å². The quantitative estimate of drug-likeness (QED) is 0.862. The lowest BCUT2D eigenvalue weighted by molar-refractivity contribution is 0.0495. The smallest absolute Gasteiger partial charge is 0.253 e. The molecule has 4 rings (SSSR count). The molecule has 2 fully saturated rings. The summed E-state index contributed by atoms with van der Waals surface area (Å²) in [5, 5.41) is 3.44. The van der Waals surface area contributed by atoms with Crippen LogP contribution >= 0.6 is 0 Å². The van der Waals surface area contributed by atoms with Crippen molar-refractivity contribution in [1.82, 2.24) is 10.2 Å². The second kappa shape index (κ2) is 6.04. The summed E-state index contributed by atoms with van der Waals surface area (Å²) in [6, 6.07) is 5.52. The molecule has 1 aromatic rings. The number of fused-ring (bicyclic) bond motifs is 1. The number of amides is 1. The van der Waals surface area contributed by atoms with E-state index < -0.39 is 0 Å². The number of nitrogens with zero attached hydrogens (tertiary/aromatic N) is 1. The van der Waals surface area contributed by atoms with Gasteiger partial charge in [-0.05, 0) is 62.4 Å². The number of benzene rings is 1. The molecule has 5 heteroatoms. The highest BCUT2D eigenvalue weighted by Crippen LogP contribution is 2.40. The fourth-order valence-electron chi connectivity index (χ4n) is 4.00. The summed E-state index contributed by atoms with van der Waals surface area (Å²) in [6.45, 7) is 5.10. The molecule has 23 heavy (non-hydrogen) atoms. The zero-order valence-corrected chi connectivity index (χ0v) is 13.5. The van der Waals surface area contributed by atoms with Gasteiger partial charge in [0.25, 0.3) is 5.91 Å². The molecule has 0 radical (unpaired) electrons. The minimum Gasteiger partial charge on any atom is -0.486 e. The molecule has 5 nitrogen and oxygen atoms in total. The molecule has 3 aliphatic rings. The molecule has 124 valence electrons. The van der Waals surface area contributed by atoms with E-state index in [1.807, 2.05) is 23.1 Å². The summed E-state index contributed by atoms with van der Waals surface area (Å²) in [7, 11) is 0. The van der Waals surface area contributed by atoms with E-state index in [4.69, 9.17) is 9.47 Å². The number of likely N-dealkylation sites (tertiary alicyclic amines) is 1. The third kappa shape index (κ3) is 2.90. The first-order valence-corrected chi connectivity index (χ1v) is 8.66. The minimum atomic E-state index is 0.116. The van der Waals surface area contributed by atoms with Gasteiger partial charge >= 0.3 is 0 Å². The lowest BCUT2D eigenvalue weighted by Gasteiger charge is -2.44. The third-order valence-electron chi connectivity index (χ3n) is 5.56. The average molecular weight is 316 g/mol. The van der Waals surface area contributed by atoms with E-state index >= 15 is 0 Å². The molecular weight excluding hydrogens is 292 g/mol. The van der Waals surface area contributed by atoms with Crippen molar-refractivity contribution >= 4 is 5.91 Å². The Morgan fingerprint density at radius 1 is 1.00 bits per heavy atom. The average Bonchev–Trinajstić information content (AvgIpc) is 2.62. The SMILES string of the molecule is O=C(c1ccc2c(c1)OCCO2)N1CCC2(CCNCC2)CC1. The molecule has 3 heterocycles. The Bertz CT molecular complexity index is 586. The zero-order chi connectivity index (χ0) is 15.7. The number of nitrogens with one attached hydrogen (secondary N) is 1. The Kier molecular flexibility index (Phi) is 3.89. The van der Waals surface area contributed by atoms with E-state index in [9.17, 15) is 4.79 Å². The van der Waals surface area contributed by atoms with Crippen LogP contribution in [0.2, 0.25) is 0 Å². The first kappa shape index (κ1) is 14.8. The van der Waals surface area contributed by atoms with Crippen LogP contribution in [-0.2, 0) is 0 Å². The Morgan fingerprint density at radius 3 is 2.43 bits per heavy atom. The first-order chi connectivity index (χ1) is 11.3. The summed E-state index contributed by atoms with van der Waals surface area (Å²) in [6.07, 6.45) is 4.76. The van der Waals surface area contributed by atoms with Crippen molar-refractivity contribution in [2.75, 3.05) is 39.4 Å². The van der Waals surface area contributed by atoms with Crippen molar-refractivity contribution in [2.24, 2.45) is 5.41 Å². The van der Waals surface area contributed by atoms with Crippen molar-refractivity contribution in [3.63, 3.8) is 0 Å². The van der Waals surface area contributed by atoms with E-state index in [1.165, 1.54) is 12.8 Å². The van der Waals surface area contributed by atoms with Crippen molar-refractivity contribution < 1.29 is 14.3 Å². The van der Waals surface area contributed by atoms with Gasteiger partial charge in [-0.15, -0.1) is 0 Å². The second-order valence-electron chi connectivity index (χ2n) is 6.90. The van der Waals surface area contributed by atoms with Gasteiger partial charge < -0.3 is 19.7 Å². The number of ether oxygens (including phenoxy) is 2. The lowest BCUT2D eigenvalue weighted by Crippen LogP contribution is -2.47. The van der Waals surface area contributed by atoms with Gasteiger partial charge in [0, 0.05) is 18.7 Å². The molecule has 1 amide bonds. The molecule has 0 aromatic heterocycles. The van der Waals surface area contributed by atoms with Crippen LogP contribution in [0.15, 0.2) is 18.2 Å². The maximum absolute atomic E-state index is 12.8. The Hall–Kier alpha value is -1.75. The molecule has 0 bridgehead atoms. The highest BCUT2D eigenvalue weighted by molar-refractivity contribution is 5.95. The van der Waals surface area contributed by atoms with Gasteiger partial charge in [0.05, 0.1) is 0 Å². The van der Waals surface area contributed by atoms with Crippen molar-refractivity contribution in [3.05, 3.63) is 23.8 Å². The fraction of sp³-hybridized carbons (Fsp3) is 0.611. The number of carbonyl (C=O) groups is 1. The van der Waals surface area contributed by atoms with Gasteiger partial charge in [-0.25, -0.2) is 0 Å². The van der Waals surface area contributed by atoms with Crippen LogP contribution in [0, 0.1) is 5.41 Å². The van der Waals surface area contributed by atoms with Gasteiger partial charge in [0.2, 0.25) is 0 Å². The molecule has 1 N–H and O–H groups in total. The maximum atomic E-state index is 12.8. The van der Waals surface area contributed by atoms with Gasteiger partial charge in [-0.1, -0.05) is 0 Å². The van der Waals surface area contributed by atoms with Gasteiger partial charge in [0.15, 0.2) is 11.5 Å². The number of rotatable bonds is 1. The summed E-state index contributed by atoms with van der Waals surface area (Å²) in [5.41, 5.74) is 1.17. The maximum Gasteiger partial charge on any atom is 0.253 e. The van der Waals surface area contributed by atoms with Crippen molar-refractivity contribution in [3.8, 4) is 11.5 Å². The predicted octanol–water partition coefficient (Wildman–Crippen LogP) is 2.06. The first-order valence-electron chi connectivity index (χ1n) is 8.66. The largest absolute Gasteiger partial charge is 0.486 e. The molecule has 0 unspecified atom stereocenters. The molecular formula is C18H24N2O3. The van der Waals surface area contributed by atoms with Crippen LogP contribution in [0.5, 0.6) is 11.5 Å². The monoisotopic (exact) mass is 316 g/mol. The molecule has 0 atom stereocenters. The Balaban J connectivity index is 1.43.